The van der Waals surface area contributed by atoms with E-state index in [1.54, 1.807) is 0 Å². The molecule has 0 aliphatic carbocycles. The first-order chi connectivity index (χ1) is 10.5. The summed E-state index contributed by atoms with van der Waals surface area (Å²) in [5, 5.41) is 10.3. The van der Waals surface area contributed by atoms with Crippen LogP contribution in [0.25, 0.3) is 0 Å². The van der Waals surface area contributed by atoms with Crippen LogP contribution >= 0.6 is 0 Å². The highest BCUT2D eigenvalue weighted by Gasteiger charge is 2.71. The number of halogens is 7. The Labute approximate surface area is 126 Å². The van der Waals surface area contributed by atoms with Crippen molar-refractivity contribution in [2.75, 3.05) is 0 Å². The number of benzene rings is 2. The van der Waals surface area contributed by atoms with E-state index < -0.39 is 40.5 Å². The largest absolute Gasteiger partial charge is 0.457 e. The molecule has 2 aromatic carbocycles. The number of alkyl halides is 5. The molecule has 0 saturated heterocycles. The van der Waals surface area contributed by atoms with E-state index in [2.05, 4.69) is 0 Å². The smallest absolute Gasteiger partial charge is 0.374 e. The van der Waals surface area contributed by atoms with E-state index in [0.717, 1.165) is 18.2 Å². The average molecular weight is 338 g/mol. The van der Waals surface area contributed by atoms with Gasteiger partial charge < -0.3 is 5.11 Å². The van der Waals surface area contributed by atoms with Crippen LogP contribution in [0.5, 0.6) is 0 Å². The molecule has 0 amide bonds. The summed E-state index contributed by atoms with van der Waals surface area (Å²) in [6.07, 6.45) is -6.12. The fourth-order valence-corrected chi connectivity index (χ4v) is 2.14. The van der Waals surface area contributed by atoms with Crippen molar-refractivity contribution in [1.29, 1.82) is 0 Å². The number of rotatable bonds is 3. The minimum absolute atomic E-state index is 0.364. The second-order valence-corrected chi connectivity index (χ2v) is 4.80. The minimum atomic E-state index is -6.12. The van der Waals surface area contributed by atoms with Crippen LogP contribution < -0.4 is 0 Å². The third-order valence-corrected chi connectivity index (χ3v) is 3.31. The predicted molar refractivity (Wildman–Crippen MR) is 66.8 cm³/mol. The van der Waals surface area contributed by atoms with Gasteiger partial charge in [-0.2, -0.15) is 22.0 Å². The van der Waals surface area contributed by atoms with Crippen LogP contribution in [0.3, 0.4) is 0 Å². The summed E-state index contributed by atoms with van der Waals surface area (Å²) in [7, 11) is 0. The molecule has 0 heterocycles. The predicted octanol–water partition coefficient (Wildman–Crippen LogP) is 4.40. The molecule has 0 spiro atoms. The van der Waals surface area contributed by atoms with Crippen LogP contribution in [0, 0.1) is 11.6 Å². The number of aliphatic hydroxyl groups is 1. The third kappa shape index (κ3) is 2.78. The Kier molecular flexibility index (Phi) is 4.14. The maximum atomic E-state index is 14.0. The molecule has 1 atom stereocenters. The molecule has 1 N–H and O–H groups in total. The SMILES string of the molecule is OC(c1ccc(F)cc1)(c1cccc(F)c1)C(F)(F)C(F)(F)F. The summed E-state index contributed by atoms with van der Waals surface area (Å²) in [5.74, 6) is -7.65. The van der Waals surface area contributed by atoms with Gasteiger partial charge in [0.2, 0.25) is 0 Å². The van der Waals surface area contributed by atoms with Gasteiger partial charge in [-0.3, -0.25) is 0 Å². The Bertz CT molecular complexity index is 694. The summed E-state index contributed by atoms with van der Waals surface area (Å²) in [6.45, 7) is 0. The van der Waals surface area contributed by atoms with E-state index in [4.69, 9.17) is 0 Å². The maximum absolute atomic E-state index is 14.0. The van der Waals surface area contributed by atoms with Crippen molar-refractivity contribution in [3.8, 4) is 0 Å². The van der Waals surface area contributed by atoms with Gasteiger partial charge in [-0.25, -0.2) is 8.78 Å². The Morgan fingerprint density at radius 3 is 1.74 bits per heavy atom. The van der Waals surface area contributed by atoms with Gasteiger partial charge in [0.15, 0.2) is 5.60 Å². The molecule has 0 bridgehead atoms. The van der Waals surface area contributed by atoms with E-state index in [1.807, 2.05) is 0 Å². The van der Waals surface area contributed by atoms with Crippen LogP contribution in [0.15, 0.2) is 48.5 Å². The molecule has 0 aromatic heterocycles. The van der Waals surface area contributed by atoms with Gasteiger partial charge in [0.1, 0.15) is 11.6 Å². The molecular formula is C15H9F7O. The molecule has 1 nitrogen and oxygen atoms in total. The van der Waals surface area contributed by atoms with Gasteiger partial charge in [0.25, 0.3) is 0 Å². The Morgan fingerprint density at radius 1 is 0.696 bits per heavy atom. The van der Waals surface area contributed by atoms with Gasteiger partial charge in [0.05, 0.1) is 0 Å². The third-order valence-electron chi connectivity index (χ3n) is 3.31. The number of hydrogen-bond acceptors (Lipinski definition) is 1. The second-order valence-electron chi connectivity index (χ2n) is 4.80. The molecule has 0 aliphatic heterocycles. The normalized spacial score (nSPS) is 15.3. The summed E-state index contributed by atoms with van der Waals surface area (Å²) in [6, 6.07) is 5.19. The molecule has 124 valence electrons. The lowest BCUT2D eigenvalue weighted by Gasteiger charge is -2.37. The Hall–Kier alpha value is -2.09. The van der Waals surface area contributed by atoms with Crippen LogP contribution in [0.2, 0.25) is 0 Å². The fraction of sp³-hybridized carbons (Fsp3) is 0.200. The first-order valence-corrected chi connectivity index (χ1v) is 6.19. The summed E-state index contributed by atoms with van der Waals surface area (Å²) in [5.41, 5.74) is -5.85. The Morgan fingerprint density at radius 2 is 1.26 bits per heavy atom. The van der Waals surface area contributed by atoms with E-state index in [9.17, 15) is 35.8 Å². The zero-order valence-corrected chi connectivity index (χ0v) is 11.2. The van der Waals surface area contributed by atoms with E-state index in [1.165, 1.54) is 0 Å². The van der Waals surface area contributed by atoms with Gasteiger partial charge in [-0.05, 0) is 35.4 Å². The van der Waals surface area contributed by atoms with Crippen LogP contribution in [0.1, 0.15) is 11.1 Å². The first-order valence-electron chi connectivity index (χ1n) is 6.19. The summed E-state index contributed by atoms with van der Waals surface area (Å²) in [4.78, 5) is 0. The summed E-state index contributed by atoms with van der Waals surface area (Å²) < 4.78 is 92.6. The molecule has 2 rings (SSSR count). The second kappa shape index (κ2) is 5.52. The maximum Gasteiger partial charge on any atom is 0.457 e. The van der Waals surface area contributed by atoms with Crippen molar-refractivity contribution in [2.24, 2.45) is 0 Å². The molecule has 23 heavy (non-hydrogen) atoms. The summed E-state index contributed by atoms with van der Waals surface area (Å²) >= 11 is 0. The minimum Gasteiger partial charge on any atom is -0.374 e. The zero-order valence-electron chi connectivity index (χ0n) is 11.2. The topological polar surface area (TPSA) is 20.2 Å². The van der Waals surface area contributed by atoms with Gasteiger partial charge in [-0.15, -0.1) is 0 Å². The van der Waals surface area contributed by atoms with Gasteiger partial charge in [-0.1, -0.05) is 24.3 Å². The Balaban J connectivity index is 2.77. The molecule has 0 radical (unpaired) electrons. The van der Waals surface area contributed by atoms with Gasteiger partial charge >= 0.3 is 12.1 Å². The lowest BCUT2D eigenvalue weighted by Crippen LogP contribution is -2.55. The van der Waals surface area contributed by atoms with E-state index >= 15 is 0 Å². The van der Waals surface area contributed by atoms with Gasteiger partial charge in [0, 0.05) is 0 Å². The highest BCUT2D eigenvalue weighted by Crippen LogP contribution is 2.51. The molecule has 0 aliphatic rings. The zero-order chi connectivity index (χ0) is 17.5. The lowest BCUT2D eigenvalue weighted by molar-refractivity contribution is -0.336. The van der Waals surface area contributed by atoms with Crippen molar-refractivity contribution >= 4 is 0 Å². The molecule has 8 heteroatoms. The number of hydrogen-bond donors (Lipinski definition) is 1. The molecule has 1 unspecified atom stereocenters. The van der Waals surface area contributed by atoms with Crippen LogP contribution in [-0.4, -0.2) is 17.2 Å². The van der Waals surface area contributed by atoms with Crippen LogP contribution in [0.4, 0.5) is 30.7 Å². The monoisotopic (exact) mass is 338 g/mol. The quantitative estimate of drug-likeness (QED) is 0.823. The fourth-order valence-electron chi connectivity index (χ4n) is 2.14. The van der Waals surface area contributed by atoms with Crippen molar-refractivity contribution in [3.05, 3.63) is 71.3 Å². The van der Waals surface area contributed by atoms with Crippen LogP contribution in [-0.2, 0) is 5.60 Å². The van der Waals surface area contributed by atoms with E-state index in [-0.39, 0.29) is 0 Å². The molecule has 0 fully saturated rings. The lowest BCUT2D eigenvalue weighted by atomic mass is 9.80. The standard InChI is InChI=1S/C15H9F7O/c16-11-6-4-9(5-7-11)13(23,14(18,19)15(20,21)22)10-2-1-3-12(17)8-10/h1-8,23H. The first kappa shape index (κ1) is 17.3. The van der Waals surface area contributed by atoms with Crippen molar-refractivity contribution in [1.82, 2.24) is 0 Å². The van der Waals surface area contributed by atoms with Crippen molar-refractivity contribution in [2.45, 2.75) is 17.7 Å². The van der Waals surface area contributed by atoms with Crippen molar-refractivity contribution < 1.29 is 35.8 Å². The van der Waals surface area contributed by atoms with Crippen molar-refractivity contribution in [3.63, 3.8) is 0 Å². The molecule has 2 aromatic rings. The average Bonchev–Trinajstić information content (AvgIpc) is 2.45. The highest BCUT2D eigenvalue weighted by atomic mass is 19.4. The molecule has 0 saturated carbocycles. The van der Waals surface area contributed by atoms with E-state index in [0.29, 0.717) is 30.3 Å². The molecular weight excluding hydrogens is 329 g/mol. The highest BCUT2D eigenvalue weighted by molar-refractivity contribution is 5.40.